The zero-order chi connectivity index (χ0) is 22.5. The van der Waals surface area contributed by atoms with Gasteiger partial charge in [0.25, 0.3) is 5.91 Å². The van der Waals surface area contributed by atoms with E-state index in [9.17, 15) is 14.0 Å². The number of benzene rings is 2. The molecule has 2 amide bonds. The minimum absolute atomic E-state index is 0.0508. The largest absolute Gasteiger partial charge is 0.493 e. The lowest BCUT2D eigenvalue weighted by Crippen LogP contribution is -2.27. The van der Waals surface area contributed by atoms with E-state index in [0.717, 1.165) is 12.1 Å². The van der Waals surface area contributed by atoms with Crippen LogP contribution in [0.25, 0.3) is 0 Å². The summed E-state index contributed by atoms with van der Waals surface area (Å²) < 4.78 is 29.6. The lowest BCUT2D eigenvalue weighted by molar-refractivity contribution is 0.0635. The molecule has 0 aliphatic carbocycles. The van der Waals surface area contributed by atoms with Crippen molar-refractivity contribution in [1.29, 1.82) is 0 Å². The first-order valence-electron chi connectivity index (χ1n) is 9.15. The van der Waals surface area contributed by atoms with Crippen molar-refractivity contribution in [2.45, 2.75) is 33.3 Å². The van der Waals surface area contributed by atoms with E-state index in [1.54, 1.807) is 27.7 Å². The molecule has 2 aromatic carbocycles. The summed E-state index contributed by atoms with van der Waals surface area (Å²) in [5.74, 6) is -0.587. The molecule has 2 aromatic rings. The number of hydrogen-bond acceptors (Lipinski definition) is 5. The molecular formula is C21H24ClFN2O5. The third-order valence-electron chi connectivity index (χ3n) is 3.65. The van der Waals surface area contributed by atoms with Crippen molar-refractivity contribution in [3.05, 3.63) is 46.7 Å². The summed E-state index contributed by atoms with van der Waals surface area (Å²) in [5, 5.41) is 5.25. The van der Waals surface area contributed by atoms with Crippen molar-refractivity contribution in [2.24, 2.45) is 0 Å². The zero-order valence-corrected chi connectivity index (χ0v) is 18.1. The number of nitrogens with one attached hydrogen (secondary N) is 2. The number of methoxy groups -OCH3 is 1. The van der Waals surface area contributed by atoms with Gasteiger partial charge < -0.3 is 19.5 Å². The lowest BCUT2D eigenvalue weighted by atomic mass is 10.1. The van der Waals surface area contributed by atoms with Crippen molar-refractivity contribution < 1.29 is 28.2 Å². The van der Waals surface area contributed by atoms with Gasteiger partial charge >= 0.3 is 6.09 Å². The van der Waals surface area contributed by atoms with E-state index in [2.05, 4.69) is 10.6 Å². The average Bonchev–Trinajstić information content (AvgIpc) is 2.63. The molecule has 0 saturated carbocycles. The highest BCUT2D eigenvalue weighted by atomic mass is 35.5. The van der Waals surface area contributed by atoms with Gasteiger partial charge in [0.15, 0.2) is 11.5 Å². The van der Waals surface area contributed by atoms with Crippen molar-refractivity contribution in [3.63, 3.8) is 0 Å². The molecule has 7 nitrogen and oxygen atoms in total. The molecule has 0 aromatic heterocycles. The lowest BCUT2D eigenvalue weighted by Gasteiger charge is -2.20. The van der Waals surface area contributed by atoms with Gasteiger partial charge in [-0.15, -0.1) is 0 Å². The molecule has 0 aliphatic rings. The summed E-state index contributed by atoms with van der Waals surface area (Å²) in [7, 11) is 1.42. The Bertz CT molecular complexity index is 944. The number of carbonyl (C=O) groups is 2. The molecule has 162 valence electrons. The third-order valence-corrected chi connectivity index (χ3v) is 3.93. The molecule has 0 saturated heterocycles. The Balaban J connectivity index is 2.29. The second-order valence-corrected chi connectivity index (χ2v) is 7.60. The van der Waals surface area contributed by atoms with Gasteiger partial charge in [-0.3, -0.25) is 10.1 Å². The van der Waals surface area contributed by atoms with Crippen molar-refractivity contribution in [2.75, 3.05) is 24.4 Å². The minimum Gasteiger partial charge on any atom is -0.493 e. The molecule has 2 rings (SSSR count). The highest BCUT2D eigenvalue weighted by Gasteiger charge is 2.20. The number of hydrogen-bond donors (Lipinski definition) is 2. The van der Waals surface area contributed by atoms with Gasteiger partial charge in [-0.05, 0) is 58.0 Å². The van der Waals surface area contributed by atoms with Gasteiger partial charge in [-0.2, -0.15) is 0 Å². The van der Waals surface area contributed by atoms with Gasteiger partial charge in [0.1, 0.15) is 11.4 Å². The Kier molecular flexibility index (Phi) is 7.50. The molecule has 9 heteroatoms. The SMILES string of the molecule is CCOc1c(Cl)cc(C(=O)Nc2cc(F)ccc2NC(=O)OC(C)(C)C)cc1OC. The van der Waals surface area contributed by atoms with Gasteiger partial charge in [0.2, 0.25) is 0 Å². The molecule has 0 spiro atoms. The van der Waals surface area contributed by atoms with Gasteiger partial charge in [-0.1, -0.05) is 11.6 Å². The summed E-state index contributed by atoms with van der Waals surface area (Å²) in [6.07, 6.45) is -0.740. The minimum atomic E-state index is -0.740. The molecule has 30 heavy (non-hydrogen) atoms. The zero-order valence-electron chi connectivity index (χ0n) is 17.4. The molecule has 0 aliphatic heterocycles. The maximum Gasteiger partial charge on any atom is 0.412 e. The van der Waals surface area contributed by atoms with E-state index in [1.807, 2.05) is 0 Å². The monoisotopic (exact) mass is 438 g/mol. The summed E-state index contributed by atoms with van der Waals surface area (Å²) >= 11 is 6.21. The summed E-state index contributed by atoms with van der Waals surface area (Å²) in [6, 6.07) is 6.41. The number of amides is 2. The standard InChI is InChI=1S/C21H24ClFN2O5/c1-6-29-18-14(22)9-12(10-17(18)28-5)19(26)24-16-11-13(23)7-8-15(16)25-20(27)30-21(2,3)4/h7-11H,6H2,1-5H3,(H,24,26)(H,25,27). The van der Waals surface area contributed by atoms with Crippen molar-refractivity contribution in [3.8, 4) is 11.5 Å². The molecule has 0 heterocycles. The molecule has 0 unspecified atom stereocenters. The maximum absolute atomic E-state index is 13.8. The van der Waals surface area contributed by atoms with Crippen LogP contribution in [0.4, 0.5) is 20.6 Å². The van der Waals surface area contributed by atoms with Crippen LogP contribution in [0.5, 0.6) is 11.5 Å². The van der Waals surface area contributed by atoms with Crippen LogP contribution in [0.2, 0.25) is 5.02 Å². The van der Waals surface area contributed by atoms with Crippen LogP contribution in [0.3, 0.4) is 0 Å². The maximum atomic E-state index is 13.8. The predicted octanol–water partition coefficient (Wildman–Crippen LogP) is 5.49. The normalized spacial score (nSPS) is 10.9. The van der Waals surface area contributed by atoms with Crippen LogP contribution >= 0.6 is 11.6 Å². The second kappa shape index (κ2) is 9.67. The first-order chi connectivity index (χ1) is 14.0. The number of halogens is 2. The van der Waals surface area contributed by atoms with E-state index in [-0.39, 0.29) is 27.7 Å². The topological polar surface area (TPSA) is 85.9 Å². The Morgan fingerprint density at radius 2 is 1.80 bits per heavy atom. The Morgan fingerprint density at radius 3 is 2.40 bits per heavy atom. The van der Waals surface area contributed by atoms with E-state index in [0.29, 0.717) is 12.4 Å². The number of ether oxygens (including phenoxy) is 3. The fraction of sp³-hybridized carbons (Fsp3) is 0.333. The molecule has 0 atom stereocenters. The first-order valence-corrected chi connectivity index (χ1v) is 9.53. The van der Waals surface area contributed by atoms with Gasteiger partial charge in [0, 0.05) is 5.56 Å². The van der Waals surface area contributed by atoms with Crippen LogP contribution in [0.1, 0.15) is 38.1 Å². The van der Waals surface area contributed by atoms with Crippen LogP contribution in [0.15, 0.2) is 30.3 Å². The molecule has 0 radical (unpaired) electrons. The number of rotatable bonds is 6. The fourth-order valence-electron chi connectivity index (χ4n) is 2.47. The van der Waals surface area contributed by atoms with Crippen LogP contribution < -0.4 is 20.1 Å². The smallest absolute Gasteiger partial charge is 0.412 e. The quantitative estimate of drug-likeness (QED) is 0.623. The first kappa shape index (κ1) is 23.3. The molecule has 0 fully saturated rings. The Hall–Kier alpha value is -3.00. The fourth-order valence-corrected chi connectivity index (χ4v) is 2.74. The van der Waals surface area contributed by atoms with E-state index in [4.69, 9.17) is 25.8 Å². The van der Waals surface area contributed by atoms with E-state index >= 15 is 0 Å². The predicted molar refractivity (Wildman–Crippen MR) is 113 cm³/mol. The summed E-state index contributed by atoms with van der Waals surface area (Å²) in [4.78, 5) is 24.8. The van der Waals surface area contributed by atoms with Crippen LogP contribution in [-0.4, -0.2) is 31.3 Å². The van der Waals surface area contributed by atoms with E-state index in [1.165, 1.54) is 25.3 Å². The van der Waals surface area contributed by atoms with Gasteiger partial charge in [-0.25, -0.2) is 9.18 Å². The van der Waals surface area contributed by atoms with Crippen LogP contribution in [0, 0.1) is 5.82 Å². The highest BCUT2D eigenvalue weighted by molar-refractivity contribution is 6.32. The third kappa shape index (κ3) is 6.25. The average molecular weight is 439 g/mol. The van der Waals surface area contributed by atoms with Gasteiger partial charge in [0.05, 0.1) is 30.1 Å². The summed E-state index contributed by atoms with van der Waals surface area (Å²) in [6.45, 7) is 7.29. The molecular weight excluding hydrogens is 415 g/mol. The van der Waals surface area contributed by atoms with Crippen molar-refractivity contribution >= 4 is 35.0 Å². The second-order valence-electron chi connectivity index (χ2n) is 7.19. The molecule has 2 N–H and O–H groups in total. The highest BCUT2D eigenvalue weighted by Crippen LogP contribution is 2.36. The molecule has 0 bridgehead atoms. The number of anilines is 2. The van der Waals surface area contributed by atoms with E-state index < -0.39 is 23.4 Å². The number of carbonyl (C=O) groups excluding carboxylic acids is 2. The van der Waals surface area contributed by atoms with Crippen molar-refractivity contribution in [1.82, 2.24) is 0 Å². The van der Waals surface area contributed by atoms with Crippen LogP contribution in [-0.2, 0) is 4.74 Å². The summed E-state index contributed by atoms with van der Waals surface area (Å²) in [5.41, 5.74) is -0.339. The Labute approximate surface area is 179 Å². The Morgan fingerprint density at radius 1 is 1.10 bits per heavy atom.